The van der Waals surface area contributed by atoms with Gasteiger partial charge in [-0.15, -0.1) is 0 Å². The molecule has 0 aliphatic carbocycles. The topological polar surface area (TPSA) is 82.6 Å². The lowest BCUT2D eigenvalue weighted by Gasteiger charge is -2.33. The molecule has 21 heavy (non-hydrogen) atoms. The summed E-state index contributed by atoms with van der Waals surface area (Å²) >= 11 is 0. The number of H-pyrrole nitrogens is 1. The third kappa shape index (κ3) is 4.21. The lowest BCUT2D eigenvalue weighted by Crippen LogP contribution is -2.46. The molecule has 1 aromatic rings. The molecule has 0 unspecified atom stereocenters. The smallest absolute Gasteiger partial charge is 0.308 e. The number of nitrogens with zero attached hydrogens (tertiary/aromatic N) is 3. The summed E-state index contributed by atoms with van der Waals surface area (Å²) in [7, 11) is 1.45. The number of carbonyl (C=O) groups excluding carboxylic acids is 1. The lowest BCUT2D eigenvalue weighted by molar-refractivity contribution is -0.146. The van der Waals surface area contributed by atoms with Gasteiger partial charge >= 0.3 is 5.97 Å². The first-order valence-electron chi connectivity index (χ1n) is 7.34. The largest absolute Gasteiger partial charge is 0.469 e. The van der Waals surface area contributed by atoms with Gasteiger partial charge in [0.05, 0.1) is 25.3 Å². The molecule has 0 spiro atoms. The highest BCUT2D eigenvalue weighted by Gasteiger charge is 2.26. The molecule has 1 aromatic heterocycles. The summed E-state index contributed by atoms with van der Waals surface area (Å²) in [5.74, 6) is 0.797. The van der Waals surface area contributed by atoms with E-state index in [4.69, 9.17) is 4.74 Å². The van der Waals surface area contributed by atoms with Gasteiger partial charge in [-0.05, 0) is 25.8 Å². The van der Waals surface area contributed by atoms with E-state index in [-0.39, 0.29) is 11.9 Å². The maximum atomic E-state index is 11.6. The van der Waals surface area contributed by atoms with Crippen molar-refractivity contribution >= 4 is 11.9 Å². The van der Waals surface area contributed by atoms with E-state index in [1.54, 1.807) is 6.20 Å². The molecule has 0 bridgehead atoms. The minimum atomic E-state index is -0.103. The third-order valence-corrected chi connectivity index (χ3v) is 3.62. The van der Waals surface area contributed by atoms with Crippen LogP contribution in [-0.4, -0.2) is 53.8 Å². The molecule has 116 valence electrons. The van der Waals surface area contributed by atoms with E-state index >= 15 is 0 Å². The molecule has 1 fully saturated rings. The van der Waals surface area contributed by atoms with Gasteiger partial charge in [0.1, 0.15) is 0 Å². The van der Waals surface area contributed by atoms with Crippen LogP contribution in [0.2, 0.25) is 0 Å². The second kappa shape index (κ2) is 7.66. The molecule has 2 rings (SSSR count). The van der Waals surface area contributed by atoms with E-state index in [0.29, 0.717) is 6.54 Å². The molecule has 2 N–H and O–H groups in total. The zero-order valence-electron chi connectivity index (χ0n) is 12.6. The number of methoxy groups -OCH3 is 1. The number of hydrogen-bond acceptors (Lipinski definition) is 4. The van der Waals surface area contributed by atoms with Crippen molar-refractivity contribution in [1.82, 2.24) is 20.4 Å². The molecule has 7 nitrogen and oxygen atoms in total. The summed E-state index contributed by atoms with van der Waals surface area (Å²) in [6, 6.07) is 1.91. The van der Waals surface area contributed by atoms with Crippen LogP contribution in [-0.2, 0) is 16.1 Å². The molecule has 1 aliphatic rings. The fourth-order valence-electron chi connectivity index (χ4n) is 2.45. The average molecular weight is 293 g/mol. The van der Waals surface area contributed by atoms with Gasteiger partial charge in [-0.25, -0.2) is 4.99 Å². The number of rotatable bonds is 4. The van der Waals surface area contributed by atoms with E-state index < -0.39 is 0 Å². The maximum Gasteiger partial charge on any atom is 0.308 e. The van der Waals surface area contributed by atoms with E-state index in [0.717, 1.165) is 44.1 Å². The zero-order chi connectivity index (χ0) is 15.1. The molecule has 0 atom stereocenters. The van der Waals surface area contributed by atoms with E-state index in [1.807, 2.05) is 13.0 Å². The normalized spacial score (nSPS) is 16.9. The van der Waals surface area contributed by atoms with E-state index in [1.165, 1.54) is 7.11 Å². The minimum Gasteiger partial charge on any atom is -0.469 e. The van der Waals surface area contributed by atoms with Gasteiger partial charge in [0.2, 0.25) is 0 Å². The van der Waals surface area contributed by atoms with Crippen LogP contribution < -0.4 is 5.32 Å². The minimum absolute atomic E-state index is 0.0155. The second-order valence-corrected chi connectivity index (χ2v) is 5.04. The SMILES string of the molecule is CCNC(=NCc1ccn[nH]1)N1CCC(C(=O)OC)CC1. The molecular weight excluding hydrogens is 270 g/mol. The molecular formula is C14H23N5O2. The number of hydrogen-bond donors (Lipinski definition) is 2. The fourth-order valence-corrected chi connectivity index (χ4v) is 2.45. The highest BCUT2D eigenvalue weighted by Crippen LogP contribution is 2.18. The Labute approximate surface area is 124 Å². The Morgan fingerprint density at radius 1 is 1.57 bits per heavy atom. The predicted molar refractivity (Wildman–Crippen MR) is 79.7 cm³/mol. The Hall–Kier alpha value is -2.05. The Kier molecular flexibility index (Phi) is 5.59. The van der Waals surface area contributed by atoms with E-state index in [9.17, 15) is 4.79 Å². The van der Waals surface area contributed by atoms with Crippen LogP contribution in [0.15, 0.2) is 17.3 Å². The summed E-state index contributed by atoms with van der Waals surface area (Å²) in [5.41, 5.74) is 0.981. The van der Waals surface area contributed by atoms with Crippen LogP contribution in [0.5, 0.6) is 0 Å². The number of aromatic amines is 1. The van der Waals surface area contributed by atoms with Crippen molar-refractivity contribution in [3.8, 4) is 0 Å². The second-order valence-electron chi connectivity index (χ2n) is 5.04. The number of aromatic nitrogens is 2. The zero-order valence-corrected chi connectivity index (χ0v) is 12.6. The fraction of sp³-hybridized carbons (Fsp3) is 0.643. The lowest BCUT2D eigenvalue weighted by atomic mass is 9.97. The first-order chi connectivity index (χ1) is 10.2. The summed E-state index contributed by atoms with van der Waals surface area (Å²) in [4.78, 5) is 18.4. The first-order valence-corrected chi connectivity index (χ1v) is 7.34. The van der Waals surface area contributed by atoms with Gasteiger partial charge in [0.25, 0.3) is 0 Å². The van der Waals surface area contributed by atoms with Crippen molar-refractivity contribution in [3.05, 3.63) is 18.0 Å². The third-order valence-electron chi connectivity index (χ3n) is 3.62. The number of guanidine groups is 1. The Morgan fingerprint density at radius 2 is 2.33 bits per heavy atom. The van der Waals surface area contributed by atoms with Crippen molar-refractivity contribution in [1.29, 1.82) is 0 Å². The van der Waals surface area contributed by atoms with Crippen LogP contribution in [0.4, 0.5) is 0 Å². The maximum absolute atomic E-state index is 11.6. The number of esters is 1. The Bertz CT molecular complexity index is 464. The quantitative estimate of drug-likeness (QED) is 0.486. The molecule has 0 radical (unpaired) electrons. The molecule has 1 saturated heterocycles. The summed E-state index contributed by atoms with van der Waals surface area (Å²) in [6.07, 6.45) is 3.34. The summed E-state index contributed by atoms with van der Waals surface area (Å²) < 4.78 is 4.81. The highest BCUT2D eigenvalue weighted by molar-refractivity contribution is 5.80. The molecule has 7 heteroatoms. The molecule has 1 aliphatic heterocycles. The van der Waals surface area contributed by atoms with Gasteiger partial charge in [0.15, 0.2) is 5.96 Å². The Morgan fingerprint density at radius 3 is 2.90 bits per heavy atom. The molecule has 0 saturated carbocycles. The van der Waals surface area contributed by atoms with Crippen molar-refractivity contribution in [2.24, 2.45) is 10.9 Å². The van der Waals surface area contributed by atoms with Crippen LogP contribution >= 0.6 is 0 Å². The van der Waals surface area contributed by atoms with Crippen molar-refractivity contribution in [2.45, 2.75) is 26.3 Å². The van der Waals surface area contributed by atoms with Crippen LogP contribution in [0.3, 0.4) is 0 Å². The summed E-state index contributed by atoms with van der Waals surface area (Å²) in [5, 5.41) is 10.1. The van der Waals surface area contributed by atoms with Crippen LogP contribution in [0.1, 0.15) is 25.5 Å². The van der Waals surface area contributed by atoms with Gasteiger partial charge in [-0.2, -0.15) is 5.10 Å². The van der Waals surface area contributed by atoms with Crippen LogP contribution in [0, 0.1) is 5.92 Å². The Balaban J connectivity index is 1.93. The molecule has 0 aromatic carbocycles. The monoisotopic (exact) mass is 293 g/mol. The highest BCUT2D eigenvalue weighted by atomic mass is 16.5. The molecule has 0 amide bonds. The number of carbonyl (C=O) groups is 1. The van der Waals surface area contributed by atoms with Crippen molar-refractivity contribution in [3.63, 3.8) is 0 Å². The number of ether oxygens (including phenoxy) is 1. The number of nitrogens with one attached hydrogen (secondary N) is 2. The first kappa shape index (κ1) is 15.3. The van der Waals surface area contributed by atoms with Crippen molar-refractivity contribution in [2.75, 3.05) is 26.7 Å². The van der Waals surface area contributed by atoms with Gasteiger partial charge < -0.3 is 15.0 Å². The standard InChI is InChI=1S/C14H23N5O2/c1-3-15-14(16-10-12-4-7-17-18-12)19-8-5-11(6-9-19)13(20)21-2/h4,7,11H,3,5-6,8-10H2,1-2H3,(H,15,16)(H,17,18). The van der Waals surface area contributed by atoms with Crippen molar-refractivity contribution < 1.29 is 9.53 Å². The van der Waals surface area contributed by atoms with Gasteiger partial charge in [-0.3, -0.25) is 9.89 Å². The van der Waals surface area contributed by atoms with Gasteiger partial charge in [0, 0.05) is 25.8 Å². The number of likely N-dealkylation sites (tertiary alicyclic amines) is 1. The predicted octanol–water partition coefficient (Wildman–Crippen LogP) is 0.760. The summed E-state index contributed by atoms with van der Waals surface area (Å²) in [6.45, 7) is 5.06. The van der Waals surface area contributed by atoms with Gasteiger partial charge in [-0.1, -0.05) is 0 Å². The molecule has 2 heterocycles. The van der Waals surface area contributed by atoms with E-state index in [2.05, 4.69) is 25.4 Å². The van der Waals surface area contributed by atoms with Crippen LogP contribution in [0.25, 0.3) is 0 Å². The number of aliphatic imine (C=N–C) groups is 1. The average Bonchev–Trinajstić information content (AvgIpc) is 3.04. The number of piperidine rings is 1.